The van der Waals surface area contributed by atoms with Crippen LogP contribution in [0.4, 0.5) is 5.69 Å². The van der Waals surface area contributed by atoms with Gasteiger partial charge in [-0.3, -0.25) is 4.79 Å². The molecule has 0 aliphatic heterocycles. The third kappa shape index (κ3) is 4.30. The Morgan fingerprint density at radius 3 is 2.88 bits per heavy atom. The Morgan fingerprint density at radius 2 is 2.12 bits per heavy atom. The van der Waals surface area contributed by atoms with E-state index in [9.17, 15) is 9.59 Å². The lowest BCUT2D eigenvalue weighted by Crippen LogP contribution is -2.13. The van der Waals surface area contributed by atoms with E-state index in [2.05, 4.69) is 20.3 Å². The highest BCUT2D eigenvalue weighted by atomic mass is 32.1. The van der Waals surface area contributed by atoms with Gasteiger partial charge in [0.15, 0.2) is 0 Å². The van der Waals surface area contributed by atoms with Crippen LogP contribution in [0.5, 0.6) is 0 Å². The van der Waals surface area contributed by atoms with Gasteiger partial charge in [0.25, 0.3) is 5.89 Å². The molecule has 0 saturated carbocycles. The van der Waals surface area contributed by atoms with Crippen LogP contribution < -0.4 is 5.32 Å². The molecule has 25 heavy (non-hydrogen) atoms. The van der Waals surface area contributed by atoms with Crippen molar-refractivity contribution in [2.45, 2.75) is 12.8 Å². The highest BCUT2D eigenvalue weighted by Gasteiger charge is 2.12. The smallest absolute Gasteiger partial charge is 0.337 e. The van der Waals surface area contributed by atoms with Crippen molar-refractivity contribution in [1.29, 1.82) is 0 Å². The number of amides is 1. The van der Waals surface area contributed by atoms with Crippen LogP contribution in [0.2, 0.25) is 0 Å². The molecule has 1 amide bonds. The maximum absolute atomic E-state index is 12.1. The molecule has 0 fully saturated rings. The van der Waals surface area contributed by atoms with Crippen molar-refractivity contribution in [1.82, 2.24) is 10.2 Å². The quantitative estimate of drug-likeness (QED) is 0.681. The van der Waals surface area contributed by atoms with Crippen LogP contribution in [-0.4, -0.2) is 29.2 Å². The molecule has 0 saturated heterocycles. The van der Waals surface area contributed by atoms with E-state index in [-0.39, 0.29) is 12.3 Å². The number of ether oxygens (including phenoxy) is 1. The van der Waals surface area contributed by atoms with Crippen LogP contribution in [-0.2, 0) is 16.0 Å². The lowest BCUT2D eigenvalue weighted by atomic mass is 10.2. The van der Waals surface area contributed by atoms with Crippen molar-refractivity contribution in [2.75, 3.05) is 12.4 Å². The van der Waals surface area contributed by atoms with Crippen molar-refractivity contribution in [3.63, 3.8) is 0 Å². The number of hydrogen-bond acceptors (Lipinski definition) is 7. The SMILES string of the molecule is COC(=O)c1cccc(NC(=O)CCc2nnc(-c3cccs3)o2)c1. The van der Waals surface area contributed by atoms with E-state index in [4.69, 9.17) is 4.42 Å². The molecule has 3 rings (SSSR count). The monoisotopic (exact) mass is 357 g/mol. The average molecular weight is 357 g/mol. The first-order chi connectivity index (χ1) is 12.2. The second-order valence-corrected chi connectivity index (χ2v) is 6.05. The van der Waals surface area contributed by atoms with E-state index in [1.807, 2.05) is 17.5 Å². The molecular weight excluding hydrogens is 342 g/mol. The fourth-order valence-corrected chi connectivity index (χ4v) is 2.78. The molecule has 0 spiro atoms. The fraction of sp³-hybridized carbons (Fsp3) is 0.176. The lowest BCUT2D eigenvalue weighted by Gasteiger charge is -2.06. The zero-order chi connectivity index (χ0) is 17.6. The molecule has 0 atom stereocenters. The van der Waals surface area contributed by atoms with Gasteiger partial charge in [-0.1, -0.05) is 12.1 Å². The number of hydrogen-bond donors (Lipinski definition) is 1. The van der Waals surface area contributed by atoms with Crippen molar-refractivity contribution < 1.29 is 18.7 Å². The van der Waals surface area contributed by atoms with Gasteiger partial charge in [-0.05, 0) is 29.6 Å². The normalized spacial score (nSPS) is 10.4. The van der Waals surface area contributed by atoms with E-state index in [1.54, 1.807) is 24.3 Å². The summed E-state index contributed by atoms with van der Waals surface area (Å²) in [4.78, 5) is 24.4. The minimum absolute atomic E-state index is 0.189. The standard InChI is InChI=1S/C17H15N3O4S/c1-23-17(22)11-4-2-5-12(10-11)18-14(21)7-8-15-19-20-16(24-15)13-6-3-9-25-13/h2-6,9-10H,7-8H2,1H3,(H,18,21). The Morgan fingerprint density at radius 1 is 1.24 bits per heavy atom. The first kappa shape index (κ1) is 16.8. The number of carbonyl (C=O) groups excluding carboxylic acids is 2. The van der Waals surface area contributed by atoms with Crippen LogP contribution in [0.15, 0.2) is 46.2 Å². The summed E-state index contributed by atoms with van der Waals surface area (Å²) >= 11 is 1.51. The van der Waals surface area contributed by atoms with Crippen LogP contribution >= 0.6 is 11.3 Å². The average Bonchev–Trinajstić information content (AvgIpc) is 3.30. The number of nitrogens with one attached hydrogen (secondary N) is 1. The summed E-state index contributed by atoms with van der Waals surface area (Å²) in [6.45, 7) is 0. The van der Waals surface area contributed by atoms with Crippen molar-refractivity contribution in [3.8, 4) is 10.8 Å². The summed E-state index contributed by atoms with van der Waals surface area (Å²) in [5.74, 6) is 0.194. The molecule has 128 valence electrons. The highest BCUT2D eigenvalue weighted by Crippen LogP contribution is 2.23. The molecule has 0 aliphatic carbocycles. The zero-order valence-corrected chi connectivity index (χ0v) is 14.2. The molecule has 2 aromatic heterocycles. The lowest BCUT2D eigenvalue weighted by molar-refractivity contribution is -0.116. The largest absolute Gasteiger partial charge is 0.465 e. The van der Waals surface area contributed by atoms with E-state index < -0.39 is 5.97 Å². The number of benzene rings is 1. The van der Waals surface area contributed by atoms with E-state index in [1.165, 1.54) is 18.4 Å². The van der Waals surface area contributed by atoms with Gasteiger partial charge < -0.3 is 14.5 Å². The number of nitrogens with zero attached hydrogens (tertiary/aromatic N) is 2. The second-order valence-electron chi connectivity index (χ2n) is 5.10. The number of aromatic nitrogens is 2. The van der Waals surface area contributed by atoms with Crippen LogP contribution in [0.3, 0.4) is 0 Å². The third-order valence-electron chi connectivity index (χ3n) is 3.33. The van der Waals surface area contributed by atoms with Crippen LogP contribution in [0.25, 0.3) is 10.8 Å². The number of rotatable bonds is 6. The van der Waals surface area contributed by atoms with Gasteiger partial charge in [0.1, 0.15) is 0 Å². The van der Waals surface area contributed by atoms with Gasteiger partial charge in [-0.25, -0.2) is 4.79 Å². The van der Waals surface area contributed by atoms with Crippen molar-refractivity contribution in [2.24, 2.45) is 0 Å². The second kappa shape index (κ2) is 7.71. The van der Waals surface area contributed by atoms with Crippen molar-refractivity contribution >= 4 is 28.9 Å². The fourth-order valence-electron chi connectivity index (χ4n) is 2.14. The minimum atomic E-state index is -0.455. The third-order valence-corrected chi connectivity index (χ3v) is 4.19. The number of methoxy groups -OCH3 is 1. The van der Waals surface area contributed by atoms with Gasteiger partial charge in [-0.2, -0.15) is 0 Å². The summed E-state index contributed by atoms with van der Waals surface area (Å²) in [5.41, 5.74) is 0.899. The molecule has 1 aromatic carbocycles. The number of aryl methyl sites for hydroxylation is 1. The maximum Gasteiger partial charge on any atom is 0.337 e. The van der Waals surface area contributed by atoms with Gasteiger partial charge in [0, 0.05) is 18.5 Å². The molecule has 2 heterocycles. The minimum Gasteiger partial charge on any atom is -0.465 e. The summed E-state index contributed by atoms with van der Waals surface area (Å²) in [6.07, 6.45) is 0.523. The molecule has 3 aromatic rings. The van der Waals surface area contributed by atoms with Crippen LogP contribution in [0, 0.1) is 0 Å². The van der Waals surface area contributed by atoms with Crippen molar-refractivity contribution in [3.05, 3.63) is 53.2 Å². The Hall–Kier alpha value is -3.00. The molecule has 0 unspecified atom stereocenters. The van der Waals surface area contributed by atoms with Crippen LogP contribution in [0.1, 0.15) is 22.7 Å². The van der Waals surface area contributed by atoms with Gasteiger partial charge in [0.05, 0.1) is 17.6 Å². The van der Waals surface area contributed by atoms with E-state index >= 15 is 0 Å². The molecule has 7 nitrogen and oxygen atoms in total. The van der Waals surface area contributed by atoms with E-state index in [0.717, 1.165) is 4.88 Å². The first-order valence-electron chi connectivity index (χ1n) is 7.50. The summed E-state index contributed by atoms with van der Waals surface area (Å²) in [6, 6.07) is 10.3. The number of anilines is 1. The Bertz CT molecular complexity index is 874. The predicted octanol–water partition coefficient (Wildman–Crippen LogP) is 3.16. The molecule has 8 heteroatoms. The topological polar surface area (TPSA) is 94.3 Å². The summed E-state index contributed by atoms with van der Waals surface area (Å²) in [7, 11) is 1.31. The number of thiophene rings is 1. The molecular formula is C17H15N3O4S. The Kier molecular flexibility index (Phi) is 5.20. The van der Waals surface area contributed by atoms with Gasteiger partial charge >= 0.3 is 5.97 Å². The number of esters is 1. The summed E-state index contributed by atoms with van der Waals surface area (Å²) < 4.78 is 10.2. The predicted molar refractivity (Wildman–Crippen MR) is 92.3 cm³/mol. The molecule has 1 N–H and O–H groups in total. The van der Waals surface area contributed by atoms with Gasteiger partial charge in [-0.15, -0.1) is 21.5 Å². The summed E-state index contributed by atoms with van der Waals surface area (Å²) in [5, 5.41) is 12.6. The van der Waals surface area contributed by atoms with Gasteiger partial charge in [0.2, 0.25) is 11.8 Å². The Labute approximate surface area is 147 Å². The molecule has 0 radical (unpaired) electrons. The Balaban J connectivity index is 1.56. The van der Waals surface area contributed by atoms with E-state index in [0.29, 0.717) is 29.5 Å². The molecule has 0 bridgehead atoms. The zero-order valence-electron chi connectivity index (χ0n) is 13.4. The maximum atomic E-state index is 12.1. The highest BCUT2D eigenvalue weighted by molar-refractivity contribution is 7.13. The number of carbonyl (C=O) groups is 2. The molecule has 0 aliphatic rings. The first-order valence-corrected chi connectivity index (χ1v) is 8.38.